The Bertz CT molecular complexity index is 1790. The van der Waals surface area contributed by atoms with E-state index in [0.29, 0.717) is 100 Å². The maximum Gasteiger partial charge on any atom is 0.934 e. The Morgan fingerprint density at radius 3 is 1.98 bits per heavy atom. The summed E-state index contributed by atoms with van der Waals surface area (Å²) in [5, 5.41) is 1.44. The maximum absolute atomic E-state index is 14.4. The van der Waals surface area contributed by atoms with E-state index in [-0.39, 0.29) is 0 Å². The average molecular weight is 720 g/mol. The number of hydrogen-bond acceptors (Lipinski definition) is 9. The standard InChI is InChI=1S/C38H49BF2N6O5/c1-26-22-28(3)44-37(26)36(38-27(2)23-29(4)47(38)39(40)41)30-6-9-32(10-7-30)46(43)25-33(42)31-8-11-34(35(24-31)48-5)45-12-14-49-16-18-51-20-21-52-19-17-50-15-13-45/h6-11,22-25H,12-21,42-43H2,1-5H3/p+1/b33-25-. The van der Waals surface area contributed by atoms with Gasteiger partial charge in [0.15, 0.2) is 11.4 Å². The second kappa shape index (κ2) is 18.3. The zero-order valence-electron chi connectivity index (χ0n) is 30.7. The van der Waals surface area contributed by atoms with Crippen LogP contribution in [0.2, 0.25) is 0 Å². The Hall–Kier alpha value is -4.47. The monoisotopic (exact) mass is 719 g/mol. The lowest BCUT2D eigenvalue weighted by atomic mass is 9.94. The molecular formula is C38H50BF2N6O5+. The van der Waals surface area contributed by atoms with Gasteiger partial charge in [0.1, 0.15) is 5.75 Å². The Balaban J connectivity index is 1.37. The minimum absolute atomic E-state index is 0.422. The molecule has 1 saturated heterocycles. The molecule has 52 heavy (non-hydrogen) atoms. The van der Waals surface area contributed by atoms with Crippen LogP contribution in [-0.4, -0.2) is 95.6 Å². The largest absolute Gasteiger partial charge is 0.934 e. The molecule has 0 aliphatic carbocycles. The summed E-state index contributed by atoms with van der Waals surface area (Å²) in [6, 6.07) is 15.2. The van der Waals surface area contributed by atoms with Gasteiger partial charge in [0.25, 0.3) is 0 Å². The SMILES string of the molecule is COc1cc(/C(N)=C/N(N)c2ccc(/C(=C3\C(C)=CC(C)=[N+]3B(F)F)c3[nH]c(C)cc3C)cc2)ccc1N1CCOCCOCCOCCOCC1. The van der Waals surface area contributed by atoms with Gasteiger partial charge in [-0.25, -0.2) is 19.0 Å². The first-order chi connectivity index (χ1) is 25.1. The van der Waals surface area contributed by atoms with Gasteiger partial charge in [-0.1, -0.05) is 18.2 Å². The molecule has 278 valence electrons. The summed E-state index contributed by atoms with van der Waals surface area (Å²) in [6.45, 7) is 12.8. The Kier molecular flexibility index (Phi) is 13.7. The molecule has 2 aromatic carbocycles. The lowest BCUT2D eigenvalue weighted by molar-refractivity contribution is -0.343. The number of nitrogens with zero attached hydrogens (tertiary/aromatic N) is 3. The van der Waals surface area contributed by atoms with Crippen molar-refractivity contribution in [3.63, 3.8) is 0 Å². The van der Waals surface area contributed by atoms with E-state index in [0.717, 1.165) is 43.8 Å². The van der Waals surface area contributed by atoms with E-state index in [1.165, 1.54) is 5.01 Å². The molecule has 0 amide bonds. The van der Waals surface area contributed by atoms with Crippen LogP contribution in [0.25, 0.3) is 11.3 Å². The number of anilines is 2. The van der Waals surface area contributed by atoms with Gasteiger partial charge >= 0.3 is 7.40 Å². The minimum atomic E-state index is -2.69. The van der Waals surface area contributed by atoms with Gasteiger partial charge in [-0.3, -0.25) is 5.01 Å². The van der Waals surface area contributed by atoms with Crippen molar-refractivity contribution in [1.82, 2.24) is 4.98 Å². The van der Waals surface area contributed by atoms with Crippen LogP contribution in [-0.2, 0) is 18.9 Å². The summed E-state index contributed by atoms with van der Waals surface area (Å²) in [5.41, 5.74) is 15.1. The number of nitrogens with one attached hydrogen (secondary N) is 1. The highest BCUT2D eigenvalue weighted by Gasteiger charge is 2.44. The molecule has 5 N–H and O–H groups in total. The van der Waals surface area contributed by atoms with Gasteiger partial charge in [0.05, 0.1) is 88.3 Å². The third-order valence-electron chi connectivity index (χ3n) is 8.96. The predicted octanol–water partition coefficient (Wildman–Crippen LogP) is 5.28. The number of methoxy groups -OCH3 is 1. The Morgan fingerprint density at radius 1 is 0.865 bits per heavy atom. The topological polar surface area (TPSA) is 123 Å². The fourth-order valence-corrected chi connectivity index (χ4v) is 6.46. The summed E-state index contributed by atoms with van der Waals surface area (Å²) in [7, 11) is -1.07. The van der Waals surface area contributed by atoms with Crippen LogP contribution in [0.5, 0.6) is 5.75 Å². The third-order valence-corrected chi connectivity index (χ3v) is 8.96. The van der Waals surface area contributed by atoms with Crippen molar-refractivity contribution in [2.75, 3.05) is 83.0 Å². The lowest BCUT2D eigenvalue weighted by Gasteiger charge is -2.27. The number of aryl methyl sites for hydroxylation is 2. The third kappa shape index (κ3) is 9.49. The molecule has 0 bridgehead atoms. The number of allylic oxidation sites excluding steroid dienone is 2. The molecular weight excluding hydrogens is 669 g/mol. The van der Waals surface area contributed by atoms with Crippen molar-refractivity contribution in [3.05, 3.63) is 100 Å². The quantitative estimate of drug-likeness (QED) is 0.162. The number of benzene rings is 2. The van der Waals surface area contributed by atoms with E-state index in [2.05, 4.69) is 9.88 Å². The molecule has 0 radical (unpaired) electrons. The van der Waals surface area contributed by atoms with E-state index in [1.54, 1.807) is 26.3 Å². The highest BCUT2D eigenvalue weighted by molar-refractivity contribution is 6.35. The molecule has 1 aromatic heterocycles. The van der Waals surface area contributed by atoms with Gasteiger partial charge in [-0.2, -0.15) is 0 Å². The molecule has 0 unspecified atom stereocenters. The second-order valence-corrected chi connectivity index (χ2v) is 12.7. The first-order valence-corrected chi connectivity index (χ1v) is 17.5. The van der Waals surface area contributed by atoms with Crippen LogP contribution in [0.1, 0.15) is 41.9 Å². The van der Waals surface area contributed by atoms with Gasteiger partial charge in [0, 0.05) is 49.1 Å². The number of halogens is 2. The van der Waals surface area contributed by atoms with Crippen LogP contribution in [0.3, 0.4) is 0 Å². The maximum atomic E-state index is 14.4. The number of aromatic nitrogens is 1. The number of ether oxygens (including phenoxy) is 5. The molecule has 2 aliphatic rings. The van der Waals surface area contributed by atoms with E-state index in [9.17, 15) is 8.63 Å². The highest BCUT2D eigenvalue weighted by atomic mass is 19.2. The molecule has 5 rings (SSSR count). The van der Waals surface area contributed by atoms with Crippen LogP contribution in [0.15, 0.2) is 72.1 Å². The molecule has 0 saturated carbocycles. The predicted molar refractivity (Wildman–Crippen MR) is 203 cm³/mol. The summed E-state index contributed by atoms with van der Waals surface area (Å²) >= 11 is 0. The van der Waals surface area contributed by atoms with Crippen molar-refractivity contribution in [3.8, 4) is 5.75 Å². The first kappa shape index (κ1) is 38.8. The van der Waals surface area contributed by atoms with Gasteiger partial charge < -0.3 is 39.3 Å². The number of hydrazine groups is 1. The minimum Gasteiger partial charge on any atom is -0.495 e. The van der Waals surface area contributed by atoms with Crippen molar-refractivity contribution in [1.29, 1.82) is 0 Å². The molecule has 14 heteroatoms. The fraction of sp³-hybridized carbons (Fsp3) is 0.395. The molecule has 11 nitrogen and oxygen atoms in total. The smallest absolute Gasteiger partial charge is 0.495 e. The summed E-state index contributed by atoms with van der Waals surface area (Å²) in [4.78, 5) is 5.55. The Labute approximate surface area is 305 Å². The number of hydrogen-bond donors (Lipinski definition) is 3. The molecule has 1 fully saturated rings. The number of aromatic amines is 1. The van der Waals surface area contributed by atoms with Crippen LogP contribution in [0.4, 0.5) is 20.0 Å². The lowest BCUT2D eigenvalue weighted by Crippen LogP contribution is -2.32. The normalized spacial score (nSPS) is 18.1. The zero-order valence-corrected chi connectivity index (χ0v) is 30.7. The number of rotatable bonds is 8. The van der Waals surface area contributed by atoms with Crippen molar-refractivity contribution < 1.29 is 36.8 Å². The fourth-order valence-electron chi connectivity index (χ4n) is 6.46. The molecule has 0 atom stereocenters. The summed E-state index contributed by atoms with van der Waals surface area (Å²) < 4.78 is 58.3. The van der Waals surface area contributed by atoms with Gasteiger partial charge in [-0.15, -0.1) is 0 Å². The van der Waals surface area contributed by atoms with Crippen molar-refractivity contribution >= 4 is 35.8 Å². The highest BCUT2D eigenvalue weighted by Crippen LogP contribution is 2.36. The summed E-state index contributed by atoms with van der Waals surface area (Å²) in [6.07, 6.45) is 3.42. The molecule has 3 heterocycles. The van der Waals surface area contributed by atoms with Crippen LogP contribution in [0, 0.1) is 13.8 Å². The van der Waals surface area contributed by atoms with Crippen LogP contribution >= 0.6 is 0 Å². The average Bonchev–Trinajstić information content (AvgIpc) is 3.61. The van der Waals surface area contributed by atoms with E-state index in [4.69, 9.17) is 35.3 Å². The van der Waals surface area contributed by atoms with Gasteiger partial charge in [-0.05, 0) is 62.2 Å². The second-order valence-electron chi connectivity index (χ2n) is 12.7. The van der Waals surface area contributed by atoms with E-state index >= 15 is 0 Å². The van der Waals surface area contributed by atoms with E-state index in [1.807, 2.05) is 69.3 Å². The molecule has 2 aliphatic heterocycles. The molecule has 0 spiro atoms. The number of H-pyrrole nitrogens is 1. The van der Waals surface area contributed by atoms with Gasteiger partial charge in [0.2, 0.25) is 0 Å². The zero-order chi connectivity index (χ0) is 37.2. The summed E-state index contributed by atoms with van der Waals surface area (Å²) in [5.74, 6) is 7.15. The molecule has 3 aromatic rings. The van der Waals surface area contributed by atoms with Crippen molar-refractivity contribution in [2.45, 2.75) is 27.7 Å². The number of nitrogens with two attached hydrogens (primary N) is 2. The first-order valence-electron chi connectivity index (χ1n) is 17.5. The Morgan fingerprint density at radius 2 is 1.44 bits per heavy atom. The van der Waals surface area contributed by atoms with Crippen molar-refractivity contribution in [2.24, 2.45) is 11.6 Å². The van der Waals surface area contributed by atoms with Crippen LogP contribution < -0.4 is 26.2 Å². The van der Waals surface area contributed by atoms with E-state index < -0.39 is 7.40 Å².